The summed E-state index contributed by atoms with van der Waals surface area (Å²) in [7, 11) is 3.80. The van der Waals surface area contributed by atoms with Crippen molar-refractivity contribution in [1.29, 1.82) is 5.26 Å². The summed E-state index contributed by atoms with van der Waals surface area (Å²) in [6.07, 6.45) is 0. The zero-order chi connectivity index (χ0) is 23.7. The van der Waals surface area contributed by atoms with E-state index in [2.05, 4.69) is 28.4 Å². The average Bonchev–Trinajstić information content (AvgIpc) is 3.36. The fraction of sp³-hybridized carbons (Fsp3) is 0.115. The average molecular weight is 484 g/mol. The number of anilines is 2. The molecule has 1 fully saturated rings. The fourth-order valence-corrected chi connectivity index (χ4v) is 6.17. The molecule has 0 unspecified atom stereocenters. The highest BCUT2D eigenvalue weighted by atomic mass is 32.2. The molecule has 0 aromatic heterocycles. The van der Waals surface area contributed by atoms with Gasteiger partial charge in [0.25, 0.3) is 5.91 Å². The van der Waals surface area contributed by atoms with E-state index in [1.165, 1.54) is 11.8 Å². The standard InChI is InChI=1S/C26H21N5OS2/c1-28-19-13-12-18(15-27)14-20(19)29-26-31(16-17-8-4-3-5-9-17)24(32)23(34-26)25-30(2)21-10-6-7-11-22(21)33-25/h3-14,28H,16H2,1-2H3/b25-23-,29-26-. The van der Waals surface area contributed by atoms with Gasteiger partial charge >= 0.3 is 0 Å². The second kappa shape index (κ2) is 9.29. The van der Waals surface area contributed by atoms with Crippen LogP contribution in [0, 0.1) is 11.3 Å². The minimum absolute atomic E-state index is 0.0720. The van der Waals surface area contributed by atoms with Crippen molar-refractivity contribution in [2.45, 2.75) is 11.4 Å². The van der Waals surface area contributed by atoms with Gasteiger partial charge in [-0.2, -0.15) is 5.26 Å². The summed E-state index contributed by atoms with van der Waals surface area (Å²) in [6.45, 7) is 0.413. The number of hydrogen-bond acceptors (Lipinski definition) is 7. The van der Waals surface area contributed by atoms with E-state index in [9.17, 15) is 10.1 Å². The van der Waals surface area contributed by atoms with Gasteiger partial charge in [0.15, 0.2) is 5.17 Å². The number of hydrogen-bond donors (Lipinski definition) is 1. The van der Waals surface area contributed by atoms with E-state index in [-0.39, 0.29) is 5.91 Å². The lowest BCUT2D eigenvalue weighted by Gasteiger charge is -2.17. The molecule has 0 spiro atoms. The van der Waals surface area contributed by atoms with Crippen molar-refractivity contribution in [3.8, 4) is 6.07 Å². The Kier molecular flexibility index (Phi) is 6.05. The first kappa shape index (κ1) is 22.1. The van der Waals surface area contributed by atoms with Gasteiger partial charge in [0.05, 0.1) is 40.3 Å². The van der Waals surface area contributed by atoms with Crippen LogP contribution in [0.1, 0.15) is 11.1 Å². The highest BCUT2D eigenvalue weighted by Gasteiger charge is 2.39. The Morgan fingerprint density at radius 1 is 1.03 bits per heavy atom. The molecule has 0 radical (unpaired) electrons. The number of carbonyl (C=O) groups is 1. The van der Waals surface area contributed by atoms with E-state index in [1.807, 2.05) is 62.6 Å². The van der Waals surface area contributed by atoms with Crippen LogP contribution in [-0.2, 0) is 11.3 Å². The van der Waals surface area contributed by atoms with Crippen molar-refractivity contribution in [2.75, 3.05) is 24.3 Å². The molecule has 1 saturated heterocycles. The van der Waals surface area contributed by atoms with E-state index >= 15 is 0 Å². The zero-order valence-electron chi connectivity index (χ0n) is 18.6. The molecule has 34 heavy (non-hydrogen) atoms. The summed E-state index contributed by atoms with van der Waals surface area (Å²) in [5.74, 6) is -0.0720. The normalized spacial score (nSPS) is 18.4. The van der Waals surface area contributed by atoms with Crippen LogP contribution in [0.4, 0.5) is 17.1 Å². The number of benzene rings is 3. The van der Waals surface area contributed by atoms with Crippen molar-refractivity contribution in [3.63, 3.8) is 0 Å². The predicted molar refractivity (Wildman–Crippen MR) is 140 cm³/mol. The van der Waals surface area contributed by atoms with Gasteiger partial charge < -0.3 is 10.2 Å². The van der Waals surface area contributed by atoms with Crippen molar-refractivity contribution < 1.29 is 4.79 Å². The second-order valence-electron chi connectivity index (χ2n) is 7.73. The number of nitrogens with zero attached hydrogens (tertiary/aromatic N) is 4. The molecule has 3 aromatic carbocycles. The Balaban J connectivity index is 1.60. The number of nitriles is 1. The van der Waals surface area contributed by atoms with Gasteiger partial charge in [0, 0.05) is 19.0 Å². The molecule has 2 aliphatic heterocycles. The molecule has 3 aromatic rings. The SMILES string of the molecule is CNc1ccc(C#N)cc1/N=C1\S/C(=C2\Sc3ccccc3N2C)C(=O)N1Cc1ccccc1. The van der Waals surface area contributed by atoms with Crippen LogP contribution in [0.3, 0.4) is 0 Å². The number of amides is 1. The number of aliphatic imine (C=N–C) groups is 1. The lowest BCUT2D eigenvalue weighted by atomic mass is 10.2. The molecule has 168 valence electrons. The van der Waals surface area contributed by atoms with Crippen LogP contribution in [-0.4, -0.2) is 30.1 Å². The molecule has 0 aliphatic carbocycles. The number of nitrogens with one attached hydrogen (secondary N) is 1. The lowest BCUT2D eigenvalue weighted by molar-refractivity contribution is -0.122. The van der Waals surface area contributed by atoms with Crippen LogP contribution < -0.4 is 10.2 Å². The first-order chi connectivity index (χ1) is 16.6. The number of amidine groups is 1. The van der Waals surface area contributed by atoms with Gasteiger partial charge in [-0.3, -0.25) is 9.69 Å². The van der Waals surface area contributed by atoms with Crippen LogP contribution in [0.2, 0.25) is 0 Å². The molecule has 0 saturated carbocycles. The van der Waals surface area contributed by atoms with Gasteiger partial charge in [-0.1, -0.05) is 54.2 Å². The van der Waals surface area contributed by atoms with Gasteiger partial charge in [0.1, 0.15) is 4.91 Å². The summed E-state index contributed by atoms with van der Waals surface area (Å²) < 4.78 is 0. The Labute approximate surface area is 207 Å². The molecule has 2 aliphatic rings. The van der Waals surface area contributed by atoms with Gasteiger partial charge in [-0.15, -0.1) is 0 Å². The maximum absolute atomic E-state index is 13.7. The third-order valence-corrected chi connectivity index (χ3v) is 8.02. The summed E-state index contributed by atoms with van der Waals surface area (Å²) in [4.78, 5) is 24.2. The van der Waals surface area contributed by atoms with E-state index in [0.29, 0.717) is 27.9 Å². The molecule has 6 nitrogen and oxygen atoms in total. The molecular formula is C26H21N5OS2. The molecule has 0 bridgehead atoms. The summed E-state index contributed by atoms with van der Waals surface area (Å²) in [6, 6.07) is 25.5. The second-order valence-corrected chi connectivity index (χ2v) is 9.74. The fourth-order valence-electron chi connectivity index (χ4n) is 3.83. The van der Waals surface area contributed by atoms with Crippen LogP contribution >= 0.6 is 23.5 Å². The Hall–Kier alpha value is -3.67. The van der Waals surface area contributed by atoms with Crippen LogP contribution in [0.25, 0.3) is 0 Å². The Bertz CT molecular complexity index is 1380. The molecule has 2 heterocycles. The number of para-hydroxylation sites is 1. The van der Waals surface area contributed by atoms with Gasteiger partial charge in [0.2, 0.25) is 0 Å². The van der Waals surface area contributed by atoms with Crippen molar-refractivity contribution in [3.05, 3.63) is 93.9 Å². The molecular weight excluding hydrogens is 462 g/mol. The minimum Gasteiger partial charge on any atom is -0.386 e. The van der Waals surface area contributed by atoms with E-state index in [0.717, 1.165) is 26.9 Å². The van der Waals surface area contributed by atoms with Crippen LogP contribution in [0.15, 0.2) is 92.6 Å². The van der Waals surface area contributed by atoms with Crippen molar-refractivity contribution in [1.82, 2.24) is 4.90 Å². The molecule has 5 rings (SSSR count). The topological polar surface area (TPSA) is 71.7 Å². The smallest absolute Gasteiger partial charge is 0.269 e. The predicted octanol–water partition coefficient (Wildman–Crippen LogP) is 5.77. The highest BCUT2D eigenvalue weighted by molar-refractivity contribution is 8.19. The number of rotatable bonds is 4. The third-order valence-electron chi connectivity index (χ3n) is 5.59. The first-order valence-electron chi connectivity index (χ1n) is 10.7. The summed E-state index contributed by atoms with van der Waals surface area (Å²) >= 11 is 2.98. The summed E-state index contributed by atoms with van der Waals surface area (Å²) in [5.41, 5.74) is 4.03. The van der Waals surface area contributed by atoms with E-state index < -0.39 is 0 Å². The number of fused-ring (bicyclic) bond motifs is 1. The quantitative estimate of drug-likeness (QED) is 0.475. The van der Waals surface area contributed by atoms with Crippen molar-refractivity contribution >= 4 is 51.7 Å². The molecule has 1 N–H and O–H groups in total. The minimum atomic E-state index is -0.0720. The largest absolute Gasteiger partial charge is 0.386 e. The van der Waals surface area contributed by atoms with E-state index in [4.69, 9.17) is 4.99 Å². The molecule has 0 atom stereocenters. The third kappa shape index (κ3) is 4.04. The molecule has 8 heteroatoms. The lowest BCUT2D eigenvalue weighted by Crippen LogP contribution is -2.29. The Morgan fingerprint density at radius 3 is 2.53 bits per heavy atom. The summed E-state index contributed by atoms with van der Waals surface area (Å²) in [5, 5.41) is 14.0. The highest BCUT2D eigenvalue weighted by Crippen LogP contribution is 2.50. The zero-order valence-corrected chi connectivity index (χ0v) is 20.3. The van der Waals surface area contributed by atoms with Crippen molar-refractivity contribution in [2.24, 2.45) is 4.99 Å². The Morgan fingerprint density at radius 2 is 1.79 bits per heavy atom. The maximum atomic E-state index is 13.7. The monoisotopic (exact) mass is 483 g/mol. The number of thioether (sulfide) groups is 2. The maximum Gasteiger partial charge on any atom is 0.269 e. The van der Waals surface area contributed by atoms with E-state index in [1.54, 1.807) is 28.8 Å². The number of carbonyl (C=O) groups excluding carboxylic acids is 1. The first-order valence-corrected chi connectivity index (χ1v) is 12.3. The molecule has 1 amide bonds. The van der Waals surface area contributed by atoms with Gasteiger partial charge in [-0.05, 0) is 47.7 Å². The van der Waals surface area contributed by atoms with Crippen LogP contribution in [0.5, 0.6) is 0 Å². The van der Waals surface area contributed by atoms with Gasteiger partial charge in [-0.25, -0.2) is 4.99 Å².